The fourth-order valence-electron chi connectivity index (χ4n) is 11.6. The number of nitrogens with zero attached hydrogens (tertiary/aromatic N) is 2. The smallest absolute Gasteiger partial charge is 0.317 e. The number of hydrogen-bond acceptors (Lipinski definition) is 6. The summed E-state index contributed by atoms with van der Waals surface area (Å²) in [6.07, 6.45) is 9.42. The maximum atomic E-state index is 13.3. The van der Waals surface area contributed by atoms with Gasteiger partial charge in [-0.2, -0.15) is 0 Å². The zero-order valence-corrected chi connectivity index (χ0v) is 25.8. The minimum Gasteiger partial charge on any atom is -0.408 e. The molecule has 4 saturated carbocycles. The molecule has 0 aromatic carbocycles. The number of hydrogen-bond donors (Lipinski definition) is 2. The van der Waals surface area contributed by atoms with Gasteiger partial charge in [-0.25, -0.2) is 0 Å². The molecular formula is C33H51N3O3. The summed E-state index contributed by atoms with van der Waals surface area (Å²) < 4.78 is 5.63. The van der Waals surface area contributed by atoms with Crippen LogP contribution in [0.15, 0.2) is 15.6 Å². The lowest BCUT2D eigenvalue weighted by molar-refractivity contribution is -0.246. The summed E-state index contributed by atoms with van der Waals surface area (Å²) in [6, 6.07) is 0.311. The first-order valence-corrected chi connectivity index (χ1v) is 15.6. The van der Waals surface area contributed by atoms with E-state index in [-0.39, 0.29) is 27.1 Å². The third kappa shape index (κ3) is 3.39. The summed E-state index contributed by atoms with van der Waals surface area (Å²) in [7, 11) is 0. The Morgan fingerprint density at radius 1 is 0.897 bits per heavy atom. The Balaban J connectivity index is 1.36. The third-order valence-corrected chi connectivity index (χ3v) is 13.8. The lowest BCUT2D eigenvalue weighted by Crippen LogP contribution is -2.69. The predicted molar refractivity (Wildman–Crippen MR) is 153 cm³/mol. The Labute approximate surface area is 235 Å². The van der Waals surface area contributed by atoms with Gasteiger partial charge in [0.15, 0.2) is 5.78 Å². The van der Waals surface area contributed by atoms with Crippen molar-refractivity contribution in [1.82, 2.24) is 10.2 Å². The molecule has 4 fully saturated rings. The molecule has 2 N–H and O–H groups in total. The number of ketones is 1. The van der Waals surface area contributed by atoms with Crippen molar-refractivity contribution in [3.63, 3.8) is 0 Å². The Morgan fingerprint density at radius 3 is 2.26 bits per heavy atom. The predicted octanol–water partition coefficient (Wildman–Crippen LogP) is 7.48. The van der Waals surface area contributed by atoms with Crippen LogP contribution in [0.25, 0.3) is 0 Å². The van der Waals surface area contributed by atoms with Crippen molar-refractivity contribution in [2.45, 2.75) is 126 Å². The Bertz CT molecular complexity index is 1230. The Hall–Kier alpha value is -1.69. The fraction of sp³-hybridized carbons (Fsp3) is 0.848. The van der Waals surface area contributed by atoms with Gasteiger partial charge in [0, 0.05) is 18.8 Å². The summed E-state index contributed by atoms with van der Waals surface area (Å²) in [5.41, 5.74) is 1.89. The molecule has 39 heavy (non-hydrogen) atoms. The van der Waals surface area contributed by atoms with Crippen LogP contribution in [0.1, 0.15) is 119 Å². The molecule has 0 spiro atoms. The van der Waals surface area contributed by atoms with Crippen LogP contribution >= 0.6 is 0 Å². The topological polar surface area (TPSA) is 88.3 Å². The molecule has 5 aliphatic rings. The number of Topliss-reactive ketones (excluding diaryl/α,β-unsaturated/α-hetero) is 1. The van der Waals surface area contributed by atoms with Crippen LogP contribution < -0.4 is 5.32 Å². The van der Waals surface area contributed by atoms with E-state index >= 15 is 0 Å². The number of allylic oxidation sites excluding steroid dienone is 2. The number of aliphatic hydroxyl groups is 1. The number of aromatic nitrogens is 2. The zero-order chi connectivity index (χ0) is 28.4. The summed E-state index contributed by atoms with van der Waals surface area (Å²) in [5.74, 6) is 2.72. The van der Waals surface area contributed by atoms with E-state index in [4.69, 9.17) is 4.42 Å². The highest BCUT2D eigenvalue weighted by Gasteiger charge is 2.71. The van der Waals surface area contributed by atoms with Crippen LogP contribution in [0, 0.1) is 57.7 Å². The number of carbonyl (C=O) groups is 1. The van der Waals surface area contributed by atoms with Gasteiger partial charge < -0.3 is 14.8 Å². The number of anilines is 1. The average Bonchev–Trinajstić information content (AvgIpc) is 3.36. The van der Waals surface area contributed by atoms with Crippen LogP contribution in [-0.4, -0.2) is 26.8 Å². The highest BCUT2D eigenvalue weighted by Crippen LogP contribution is 2.77. The van der Waals surface area contributed by atoms with Crippen LogP contribution in [-0.2, 0) is 4.79 Å². The largest absolute Gasteiger partial charge is 0.408 e. The van der Waals surface area contributed by atoms with E-state index in [1.807, 2.05) is 0 Å². The minimum atomic E-state index is -1.10. The molecule has 0 aliphatic heterocycles. The molecule has 1 heterocycles. The Morgan fingerprint density at radius 2 is 1.62 bits per heavy atom. The molecule has 216 valence electrons. The zero-order valence-electron chi connectivity index (χ0n) is 25.8. The van der Waals surface area contributed by atoms with E-state index in [9.17, 15) is 9.90 Å². The molecular weight excluding hydrogens is 486 g/mol. The van der Waals surface area contributed by atoms with Crippen molar-refractivity contribution < 1.29 is 14.3 Å². The fourth-order valence-corrected chi connectivity index (χ4v) is 11.6. The number of fused-ring (bicyclic) bond motifs is 7. The standard InChI is InChI=1S/C33H51N3O3/c1-19(2)25-22(37)18-29(6)14-16-31(8)21(26(25)29)10-11-24-30(7)15-17-33(38,34-27-36-35-20(3)39-27)28(4,5)23(30)12-13-32(24,31)9/h19,21,23-24,38H,10-18H2,1-9H3,(H,34,36)/t21-,23+,24-,29+,30+,31-,32-,33+/m1/s1. The van der Waals surface area contributed by atoms with Crippen molar-refractivity contribution >= 4 is 11.8 Å². The molecule has 6 nitrogen and oxygen atoms in total. The maximum absolute atomic E-state index is 13.3. The molecule has 0 amide bonds. The van der Waals surface area contributed by atoms with Crippen LogP contribution in [0.5, 0.6) is 0 Å². The van der Waals surface area contributed by atoms with Gasteiger partial charge in [0.05, 0.1) is 0 Å². The van der Waals surface area contributed by atoms with E-state index in [1.165, 1.54) is 31.3 Å². The van der Waals surface area contributed by atoms with Gasteiger partial charge in [-0.3, -0.25) is 4.79 Å². The van der Waals surface area contributed by atoms with Gasteiger partial charge in [0.1, 0.15) is 5.72 Å². The highest BCUT2D eigenvalue weighted by molar-refractivity contribution is 6.00. The summed E-state index contributed by atoms with van der Waals surface area (Å²) in [4.78, 5) is 13.3. The molecule has 6 heteroatoms. The monoisotopic (exact) mass is 537 g/mol. The lowest BCUT2D eigenvalue weighted by atomic mass is 9.32. The first kappa shape index (κ1) is 27.5. The highest BCUT2D eigenvalue weighted by atomic mass is 16.4. The second kappa shape index (κ2) is 8.20. The van der Waals surface area contributed by atoms with E-state index < -0.39 is 5.72 Å². The lowest BCUT2D eigenvalue weighted by Gasteiger charge is -2.72. The number of aryl methyl sites for hydroxylation is 1. The molecule has 0 bridgehead atoms. The average molecular weight is 538 g/mol. The van der Waals surface area contributed by atoms with Crippen molar-refractivity contribution in [2.75, 3.05) is 5.32 Å². The number of rotatable bonds is 3. The van der Waals surface area contributed by atoms with E-state index in [0.717, 1.165) is 25.7 Å². The van der Waals surface area contributed by atoms with Gasteiger partial charge in [-0.1, -0.05) is 66.1 Å². The molecule has 1 aromatic rings. The van der Waals surface area contributed by atoms with Crippen LogP contribution in [0.3, 0.4) is 0 Å². The second-order valence-electron chi connectivity index (χ2n) is 16.1. The summed E-state index contributed by atoms with van der Waals surface area (Å²) >= 11 is 0. The van der Waals surface area contributed by atoms with Crippen LogP contribution in [0.2, 0.25) is 0 Å². The van der Waals surface area contributed by atoms with Gasteiger partial charge in [-0.05, 0) is 102 Å². The summed E-state index contributed by atoms with van der Waals surface area (Å²) in [5, 5.41) is 23.5. The second-order valence-corrected chi connectivity index (χ2v) is 16.1. The van der Waals surface area contributed by atoms with Gasteiger partial charge >= 0.3 is 6.01 Å². The van der Waals surface area contributed by atoms with Gasteiger partial charge in [0.2, 0.25) is 5.89 Å². The molecule has 8 atom stereocenters. The molecule has 0 saturated heterocycles. The van der Waals surface area contributed by atoms with E-state index in [0.29, 0.717) is 47.8 Å². The molecule has 0 unspecified atom stereocenters. The van der Waals surface area contributed by atoms with Crippen molar-refractivity contribution in [1.29, 1.82) is 0 Å². The molecule has 6 rings (SSSR count). The van der Waals surface area contributed by atoms with Crippen molar-refractivity contribution in [3.05, 3.63) is 17.0 Å². The van der Waals surface area contributed by atoms with Gasteiger partial charge in [0.25, 0.3) is 0 Å². The first-order chi connectivity index (χ1) is 18.0. The van der Waals surface area contributed by atoms with Crippen molar-refractivity contribution in [2.24, 2.45) is 50.7 Å². The first-order valence-electron chi connectivity index (χ1n) is 15.6. The number of carbonyl (C=O) groups excluding carboxylic acids is 1. The maximum Gasteiger partial charge on any atom is 0.317 e. The van der Waals surface area contributed by atoms with Crippen molar-refractivity contribution in [3.8, 4) is 0 Å². The van der Waals surface area contributed by atoms with E-state index in [2.05, 4.69) is 70.9 Å². The van der Waals surface area contributed by atoms with E-state index in [1.54, 1.807) is 12.5 Å². The van der Waals surface area contributed by atoms with Gasteiger partial charge in [-0.15, -0.1) is 5.10 Å². The Kier molecular flexibility index (Phi) is 5.78. The quantitative estimate of drug-likeness (QED) is 0.389. The van der Waals surface area contributed by atoms with Crippen LogP contribution in [0.4, 0.5) is 6.01 Å². The third-order valence-electron chi connectivity index (χ3n) is 13.8. The molecule has 5 aliphatic carbocycles. The normalized spacial score (nSPS) is 46.9. The summed E-state index contributed by atoms with van der Waals surface area (Å²) in [6.45, 7) is 20.9. The minimum absolute atomic E-state index is 0.0628. The molecule has 1 aromatic heterocycles. The number of nitrogens with one attached hydrogen (secondary N) is 1. The molecule has 0 radical (unpaired) electrons. The SMILES string of the molecule is Cc1nnc(N[C@]2(O)CC[C@]3(C)[C@H]4CC[C@@H]5C6=C(C(C)C)C(=O)C[C@]6(C)CC[C@@]5(C)[C@]4(C)CC[C@H]3C2(C)C)o1.